The van der Waals surface area contributed by atoms with E-state index in [1.165, 1.54) is 46.3 Å². The van der Waals surface area contributed by atoms with E-state index in [-0.39, 0.29) is 41.1 Å². The number of nitrogens with zero attached hydrogens (tertiary/aromatic N) is 4. The van der Waals surface area contributed by atoms with Crippen molar-refractivity contribution in [2.45, 2.75) is 37.8 Å². The Balaban J connectivity index is 1.40. The summed E-state index contributed by atoms with van der Waals surface area (Å²) in [6.07, 6.45) is 3.61. The maximum Gasteiger partial charge on any atom is 0.355 e. The average Bonchev–Trinajstić information content (AvgIpc) is 3.42. The van der Waals surface area contributed by atoms with E-state index in [1.807, 2.05) is 6.92 Å². The second-order valence-electron chi connectivity index (χ2n) is 8.40. The number of esters is 1. The summed E-state index contributed by atoms with van der Waals surface area (Å²) in [5, 5.41) is 21.0. The zero-order valence-electron chi connectivity index (χ0n) is 21.1. The Hall–Kier alpha value is -4.31. The number of hydrogen-bond donors (Lipinski definition) is 2. The number of oxime groups is 1. The predicted molar refractivity (Wildman–Crippen MR) is 145 cm³/mol. The van der Waals surface area contributed by atoms with Gasteiger partial charge in [-0.25, -0.2) is 9.78 Å². The third-order valence-electron chi connectivity index (χ3n) is 5.75. The van der Waals surface area contributed by atoms with Crippen LogP contribution in [-0.4, -0.2) is 68.5 Å². The maximum absolute atomic E-state index is 13.2. The quantitative estimate of drug-likeness (QED) is 0.0669. The second-order valence-corrected chi connectivity index (χ2v) is 10.4. The fourth-order valence-electron chi connectivity index (χ4n) is 3.70. The zero-order valence-corrected chi connectivity index (χ0v) is 22.7. The number of non-ortho nitro benzene ring substituents is 1. The second kappa shape index (κ2) is 13.2. The molecular weight excluding hydrogens is 564 g/mol. The number of nitrogens with one attached hydrogen (secondary N) is 2. The Morgan fingerprint density at radius 3 is 2.80 bits per heavy atom. The standard InChI is InChI=1S/C24H24N6O8S2/c1-2-3-9-38-28-18(16-12-40-24(26-16)25-13-31)20(32)27-19-21(33)29-17(8-10-39-22(19)29)23(34)37-11-14-4-6-15(7-5-14)30(35)36/h4-8,12-13,19,22H,2-3,9-11H2,1H3,(H,27,32)(H,25,26,31)/b28-18-/t19?,22-/m1/s1. The maximum atomic E-state index is 13.2. The van der Waals surface area contributed by atoms with E-state index < -0.39 is 34.1 Å². The number of benzene rings is 1. The van der Waals surface area contributed by atoms with Crippen molar-refractivity contribution in [1.82, 2.24) is 15.2 Å². The van der Waals surface area contributed by atoms with Gasteiger partial charge in [0.15, 0.2) is 10.8 Å². The molecule has 16 heteroatoms. The first-order valence-corrected chi connectivity index (χ1v) is 14.0. The van der Waals surface area contributed by atoms with Crippen molar-refractivity contribution < 1.29 is 33.7 Å². The minimum atomic E-state index is -0.935. The van der Waals surface area contributed by atoms with Crippen molar-refractivity contribution in [2.24, 2.45) is 5.16 Å². The highest BCUT2D eigenvalue weighted by Crippen LogP contribution is 2.38. The number of carbonyl (C=O) groups is 4. The first kappa shape index (κ1) is 28.7. The molecule has 2 aliphatic heterocycles. The Morgan fingerprint density at radius 2 is 2.10 bits per heavy atom. The van der Waals surface area contributed by atoms with Crippen LogP contribution in [-0.2, 0) is 35.4 Å². The van der Waals surface area contributed by atoms with Crippen molar-refractivity contribution in [2.75, 3.05) is 17.7 Å². The zero-order chi connectivity index (χ0) is 28.6. The van der Waals surface area contributed by atoms with Crippen molar-refractivity contribution in [3.05, 3.63) is 62.8 Å². The summed E-state index contributed by atoms with van der Waals surface area (Å²) in [6.45, 7) is 2.12. The summed E-state index contributed by atoms with van der Waals surface area (Å²) in [7, 11) is 0. The molecule has 40 heavy (non-hydrogen) atoms. The lowest BCUT2D eigenvalue weighted by atomic mass is 10.0. The number of rotatable bonds is 13. The van der Waals surface area contributed by atoms with Crippen LogP contribution in [0, 0.1) is 10.1 Å². The van der Waals surface area contributed by atoms with Gasteiger partial charge in [0.25, 0.3) is 17.5 Å². The molecule has 0 radical (unpaired) electrons. The molecular formula is C24H24N6O8S2. The van der Waals surface area contributed by atoms with Gasteiger partial charge in [-0.2, -0.15) is 0 Å². The molecule has 14 nitrogen and oxygen atoms in total. The smallest absolute Gasteiger partial charge is 0.355 e. The molecule has 0 bridgehead atoms. The van der Waals surface area contributed by atoms with E-state index in [9.17, 15) is 29.3 Å². The number of amides is 3. The summed E-state index contributed by atoms with van der Waals surface area (Å²) in [6, 6.07) is 4.63. The lowest BCUT2D eigenvalue weighted by Gasteiger charge is -2.48. The number of β-lactam (4-membered cyclic amide) rings is 1. The fourth-order valence-corrected chi connectivity index (χ4v) is 5.55. The van der Waals surface area contributed by atoms with Gasteiger partial charge in [0.05, 0.1) is 4.92 Å². The number of thioether (sulfide) groups is 1. The molecule has 0 aliphatic carbocycles. The van der Waals surface area contributed by atoms with Crippen molar-refractivity contribution in [1.29, 1.82) is 0 Å². The summed E-state index contributed by atoms with van der Waals surface area (Å²) < 4.78 is 5.33. The molecule has 210 valence electrons. The van der Waals surface area contributed by atoms with Gasteiger partial charge in [0.1, 0.15) is 36.0 Å². The van der Waals surface area contributed by atoms with Gasteiger partial charge < -0.3 is 20.2 Å². The number of unbranched alkanes of at least 4 members (excludes halogenated alkanes) is 1. The Bertz CT molecular complexity index is 1360. The van der Waals surface area contributed by atoms with Crippen LogP contribution in [0.5, 0.6) is 0 Å². The molecule has 4 rings (SSSR count). The summed E-state index contributed by atoms with van der Waals surface area (Å²) in [4.78, 5) is 70.7. The molecule has 3 heterocycles. The molecule has 2 N–H and O–H groups in total. The van der Waals surface area contributed by atoms with Gasteiger partial charge in [-0.1, -0.05) is 18.5 Å². The van der Waals surface area contributed by atoms with Crippen LogP contribution >= 0.6 is 23.1 Å². The Morgan fingerprint density at radius 1 is 1.32 bits per heavy atom. The van der Waals surface area contributed by atoms with E-state index in [2.05, 4.69) is 20.8 Å². The van der Waals surface area contributed by atoms with Crippen LogP contribution in [0.4, 0.5) is 10.8 Å². The minimum absolute atomic E-state index is 0.0574. The van der Waals surface area contributed by atoms with Crippen LogP contribution in [0.1, 0.15) is 31.0 Å². The van der Waals surface area contributed by atoms with Crippen molar-refractivity contribution in [3.8, 4) is 0 Å². The van der Waals surface area contributed by atoms with E-state index >= 15 is 0 Å². The lowest BCUT2D eigenvalue weighted by molar-refractivity contribution is -0.384. The molecule has 3 amide bonds. The first-order valence-electron chi connectivity index (χ1n) is 12.1. The minimum Gasteiger partial charge on any atom is -0.456 e. The van der Waals surface area contributed by atoms with Crippen LogP contribution in [0.2, 0.25) is 0 Å². The topological polar surface area (TPSA) is 182 Å². The number of nitro benzene ring substituents is 1. The van der Waals surface area contributed by atoms with Crippen LogP contribution < -0.4 is 10.6 Å². The number of carbonyl (C=O) groups excluding carboxylic acids is 4. The van der Waals surface area contributed by atoms with Crippen molar-refractivity contribution >= 4 is 63.8 Å². The van der Waals surface area contributed by atoms with Gasteiger partial charge in [0.2, 0.25) is 6.41 Å². The molecule has 1 aromatic carbocycles. The highest BCUT2D eigenvalue weighted by atomic mass is 32.2. The van der Waals surface area contributed by atoms with Gasteiger partial charge in [-0.15, -0.1) is 23.1 Å². The first-order chi connectivity index (χ1) is 19.3. The molecule has 2 atom stereocenters. The SMILES string of the molecule is CCCCO/N=C(\C(=O)NC1C(=O)N2C(C(=O)OCc3ccc([N+](=O)[O-])cc3)=CCS[C@H]12)c1csc(NC=O)n1. The molecule has 1 unspecified atom stereocenters. The summed E-state index contributed by atoms with van der Waals surface area (Å²) in [5.74, 6) is -1.53. The van der Waals surface area contributed by atoms with E-state index in [0.717, 1.165) is 24.2 Å². The van der Waals surface area contributed by atoms with Crippen molar-refractivity contribution in [3.63, 3.8) is 0 Å². The third-order valence-corrected chi connectivity index (χ3v) is 7.71. The molecule has 2 aliphatic rings. The van der Waals surface area contributed by atoms with E-state index in [0.29, 0.717) is 17.7 Å². The number of nitro groups is 1. The van der Waals surface area contributed by atoms with Crippen LogP contribution in [0.3, 0.4) is 0 Å². The van der Waals surface area contributed by atoms with Gasteiger partial charge in [-0.05, 0) is 30.2 Å². The van der Waals surface area contributed by atoms with Crippen LogP contribution in [0.25, 0.3) is 0 Å². The van der Waals surface area contributed by atoms with E-state index in [4.69, 9.17) is 9.57 Å². The molecule has 1 saturated heterocycles. The number of aromatic nitrogens is 1. The number of ether oxygens (including phenoxy) is 1. The number of hydrogen-bond acceptors (Lipinski definition) is 12. The summed E-state index contributed by atoms with van der Waals surface area (Å²) in [5.41, 5.74) is 0.526. The van der Waals surface area contributed by atoms with Crippen LogP contribution in [0.15, 0.2) is 46.6 Å². The van der Waals surface area contributed by atoms with Gasteiger partial charge in [0, 0.05) is 23.3 Å². The number of anilines is 1. The molecule has 0 spiro atoms. The van der Waals surface area contributed by atoms with E-state index in [1.54, 1.807) is 6.08 Å². The number of fused-ring (bicyclic) bond motifs is 1. The fraction of sp³-hybridized carbons (Fsp3) is 0.333. The highest BCUT2D eigenvalue weighted by molar-refractivity contribution is 8.00. The summed E-state index contributed by atoms with van der Waals surface area (Å²) >= 11 is 2.45. The largest absolute Gasteiger partial charge is 0.456 e. The third kappa shape index (κ3) is 6.45. The predicted octanol–water partition coefficient (Wildman–Crippen LogP) is 2.17. The molecule has 0 saturated carbocycles. The number of thiazole rings is 1. The molecule has 1 aromatic heterocycles. The Kier molecular flexibility index (Phi) is 9.44. The average molecular weight is 589 g/mol. The Labute approximate surface area is 235 Å². The monoisotopic (exact) mass is 588 g/mol. The normalized spacial score (nSPS) is 18.1. The highest BCUT2D eigenvalue weighted by Gasteiger charge is 2.53. The molecule has 2 aromatic rings. The van der Waals surface area contributed by atoms with Gasteiger partial charge in [-0.3, -0.25) is 29.4 Å². The molecule has 1 fully saturated rings. The van der Waals surface area contributed by atoms with Gasteiger partial charge >= 0.3 is 5.97 Å². The lowest BCUT2D eigenvalue weighted by Crippen LogP contribution is -2.70.